The first-order chi connectivity index (χ1) is 11.6. The topological polar surface area (TPSA) is 56.8 Å². The Kier molecular flexibility index (Phi) is 4.84. The average molecular weight is 331 g/mol. The third-order valence-electron chi connectivity index (χ3n) is 3.57. The van der Waals surface area contributed by atoms with E-state index in [1.165, 1.54) is 24.3 Å². The van der Waals surface area contributed by atoms with Crippen LogP contribution in [0.5, 0.6) is 17.2 Å². The fourth-order valence-corrected chi connectivity index (χ4v) is 2.29. The predicted molar refractivity (Wildman–Crippen MR) is 85.9 cm³/mol. The first kappa shape index (κ1) is 16.1. The number of amides is 1. The molecule has 0 spiro atoms. The Bertz CT molecular complexity index is 704. The van der Waals surface area contributed by atoms with Crippen molar-refractivity contribution in [2.45, 2.75) is 19.1 Å². The molecule has 24 heavy (non-hydrogen) atoms. The molecule has 0 unspecified atom stereocenters. The molecule has 1 amide bonds. The van der Waals surface area contributed by atoms with E-state index in [2.05, 4.69) is 5.32 Å². The Balaban J connectivity index is 1.48. The second kappa shape index (κ2) is 7.21. The van der Waals surface area contributed by atoms with Gasteiger partial charge >= 0.3 is 0 Å². The Morgan fingerprint density at radius 2 is 1.96 bits per heavy atom. The molecule has 0 radical (unpaired) electrons. The quantitative estimate of drug-likeness (QED) is 0.915. The molecule has 6 heteroatoms. The normalized spacial score (nSPS) is 17.0. The highest BCUT2D eigenvalue weighted by molar-refractivity contribution is 5.80. The predicted octanol–water partition coefficient (Wildman–Crippen LogP) is 2.55. The van der Waals surface area contributed by atoms with Crippen molar-refractivity contribution in [2.24, 2.45) is 0 Å². The molecule has 0 fully saturated rings. The van der Waals surface area contributed by atoms with Crippen molar-refractivity contribution in [1.29, 1.82) is 0 Å². The van der Waals surface area contributed by atoms with Crippen molar-refractivity contribution in [1.82, 2.24) is 5.32 Å². The molecule has 1 aliphatic rings. The lowest BCUT2D eigenvalue weighted by Gasteiger charge is -2.27. The SMILES string of the molecule is C[C@@H](Oc1ccc(F)cc1)C(=O)NC[C@@H]1COc2ccccc2O1. The molecule has 0 saturated heterocycles. The van der Waals surface area contributed by atoms with E-state index in [-0.39, 0.29) is 17.8 Å². The number of carbonyl (C=O) groups excluding carboxylic acids is 1. The largest absolute Gasteiger partial charge is 0.486 e. The van der Waals surface area contributed by atoms with Gasteiger partial charge in [-0.3, -0.25) is 4.79 Å². The number of halogens is 1. The maximum Gasteiger partial charge on any atom is 0.260 e. The number of rotatable bonds is 5. The molecule has 0 aromatic heterocycles. The van der Waals surface area contributed by atoms with Crippen LogP contribution in [0.4, 0.5) is 4.39 Å². The first-order valence-electron chi connectivity index (χ1n) is 7.70. The van der Waals surface area contributed by atoms with Gasteiger partial charge in [-0.2, -0.15) is 0 Å². The molecule has 3 rings (SSSR count). The summed E-state index contributed by atoms with van der Waals surface area (Å²) in [6.07, 6.45) is -0.964. The van der Waals surface area contributed by atoms with Gasteiger partial charge < -0.3 is 19.5 Å². The average Bonchev–Trinajstić information content (AvgIpc) is 2.61. The maximum atomic E-state index is 12.9. The van der Waals surface area contributed by atoms with Crippen LogP contribution in [0.2, 0.25) is 0 Å². The molecule has 2 aromatic carbocycles. The third kappa shape index (κ3) is 3.95. The highest BCUT2D eigenvalue weighted by Gasteiger charge is 2.22. The van der Waals surface area contributed by atoms with E-state index in [1.807, 2.05) is 24.3 Å². The highest BCUT2D eigenvalue weighted by Crippen LogP contribution is 2.30. The van der Waals surface area contributed by atoms with Crippen LogP contribution >= 0.6 is 0 Å². The lowest BCUT2D eigenvalue weighted by Crippen LogP contribution is -2.44. The monoisotopic (exact) mass is 331 g/mol. The summed E-state index contributed by atoms with van der Waals surface area (Å²) < 4.78 is 29.7. The number of para-hydroxylation sites is 2. The van der Waals surface area contributed by atoms with Crippen molar-refractivity contribution in [3.05, 3.63) is 54.3 Å². The summed E-state index contributed by atoms with van der Waals surface area (Å²) in [6, 6.07) is 12.9. The lowest BCUT2D eigenvalue weighted by molar-refractivity contribution is -0.127. The van der Waals surface area contributed by atoms with Gasteiger partial charge in [0.05, 0.1) is 6.54 Å². The number of carbonyl (C=O) groups is 1. The Labute approximate surface area is 139 Å². The van der Waals surface area contributed by atoms with Gasteiger partial charge in [-0.05, 0) is 43.3 Å². The van der Waals surface area contributed by atoms with Crippen molar-refractivity contribution in [3.8, 4) is 17.2 Å². The summed E-state index contributed by atoms with van der Waals surface area (Å²) in [5, 5.41) is 2.77. The molecule has 1 N–H and O–H groups in total. The molecule has 0 saturated carbocycles. The third-order valence-corrected chi connectivity index (χ3v) is 3.57. The van der Waals surface area contributed by atoms with E-state index < -0.39 is 6.10 Å². The summed E-state index contributed by atoms with van der Waals surface area (Å²) in [4.78, 5) is 12.1. The van der Waals surface area contributed by atoms with Crippen LogP contribution in [0.1, 0.15) is 6.92 Å². The molecular formula is C18H18FNO4. The van der Waals surface area contributed by atoms with Gasteiger partial charge in [0.1, 0.15) is 24.3 Å². The number of hydrogen-bond donors (Lipinski definition) is 1. The van der Waals surface area contributed by atoms with Gasteiger partial charge in [0.25, 0.3) is 5.91 Å². The molecular weight excluding hydrogens is 313 g/mol. The number of nitrogens with one attached hydrogen (secondary N) is 1. The minimum absolute atomic E-state index is 0.262. The molecule has 2 atom stereocenters. The first-order valence-corrected chi connectivity index (χ1v) is 7.70. The molecule has 2 aromatic rings. The number of benzene rings is 2. The van der Waals surface area contributed by atoms with Crippen LogP contribution in [-0.4, -0.2) is 31.3 Å². The second-order valence-electron chi connectivity index (χ2n) is 5.46. The fraction of sp³-hybridized carbons (Fsp3) is 0.278. The Morgan fingerprint density at radius 3 is 2.71 bits per heavy atom. The molecule has 0 bridgehead atoms. The van der Waals surface area contributed by atoms with Crippen molar-refractivity contribution >= 4 is 5.91 Å². The summed E-state index contributed by atoms with van der Waals surface area (Å²) in [7, 11) is 0. The van der Waals surface area contributed by atoms with Crippen LogP contribution in [0.3, 0.4) is 0 Å². The van der Waals surface area contributed by atoms with Crippen LogP contribution in [0, 0.1) is 5.82 Å². The molecule has 5 nitrogen and oxygen atoms in total. The van der Waals surface area contributed by atoms with E-state index >= 15 is 0 Å². The smallest absolute Gasteiger partial charge is 0.260 e. The zero-order chi connectivity index (χ0) is 16.9. The summed E-state index contributed by atoms with van der Waals surface area (Å²) in [5.41, 5.74) is 0. The number of fused-ring (bicyclic) bond motifs is 1. The van der Waals surface area contributed by atoms with E-state index in [1.54, 1.807) is 6.92 Å². The van der Waals surface area contributed by atoms with E-state index in [0.717, 1.165) is 0 Å². The Morgan fingerprint density at radius 1 is 1.25 bits per heavy atom. The zero-order valence-electron chi connectivity index (χ0n) is 13.2. The minimum Gasteiger partial charge on any atom is -0.486 e. The Hall–Kier alpha value is -2.76. The molecule has 1 aliphatic heterocycles. The van der Waals surface area contributed by atoms with Gasteiger partial charge in [0, 0.05) is 0 Å². The number of ether oxygens (including phenoxy) is 3. The minimum atomic E-state index is -0.702. The second-order valence-corrected chi connectivity index (χ2v) is 5.46. The summed E-state index contributed by atoms with van der Waals surface area (Å²) >= 11 is 0. The van der Waals surface area contributed by atoms with Crippen LogP contribution in [0.15, 0.2) is 48.5 Å². The van der Waals surface area contributed by atoms with Gasteiger partial charge in [-0.1, -0.05) is 12.1 Å². The van der Waals surface area contributed by atoms with E-state index in [0.29, 0.717) is 30.4 Å². The van der Waals surface area contributed by atoms with Crippen LogP contribution in [-0.2, 0) is 4.79 Å². The molecule has 0 aliphatic carbocycles. The van der Waals surface area contributed by atoms with E-state index in [9.17, 15) is 9.18 Å². The van der Waals surface area contributed by atoms with Crippen LogP contribution < -0.4 is 19.5 Å². The van der Waals surface area contributed by atoms with E-state index in [4.69, 9.17) is 14.2 Å². The van der Waals surface area contributed by atoms with Gasteiger partial charge in [-0.25, -0.2) is 4.39 Å². The van der Waals surface area contributed by atoms with Crippen molar-refractivity contribution in [3.63, 3.8) is 0 Å². The summed E-state index contributed by atoms with van der Waals surface area (Å²) in [5.74, 6) is 1.17. The van der Waals surface area contributed by atoms with Crippen LogP contribution in [0.25, 0.3) is 0 Å². The zero-order valence-corrected chi connectivity index (χ0v) is 13.2. The van der Waals surface area contributed by atoms with Gasteiger partial charge in [-0.15, -0.1) is 0 Å². The van der Waals surface area contributed by atoms with Crippen molar-refractivity contribution < 1.29 is 23.4 Å². The van der Waals surface area contributed by atoms with Crippen molar-refractivity contribution in [2.75, 3.05) is 13.2 Å². The fourth-order valence-electron chi connectivity index (χ4n) is 2.29. The standard InChI is InChI=1S/C18H18FNO4/c1-12(23-14-8-6-13(19)7-9-14)18(21)20-10-15-11-22-16-4-2-3-5-17(16)24-15/h2-9,12,15H,10-11H2,1H3,(H,20,21)/t12-,15-/m1/s1. The summed E-state index contributed by atoms with van der Waals surface area (Å²) in [6.45, 7) is 2.31. The highest BCUT2D eigenvalue weighted by atomic mass is 19.1. The van der Waals surface area contributed by atoms with Gasteiger partial charge in [0.15, 0.2) is 17.6 Å². The maximum absolute atomic E-state index is 12.9. The molecule has 126 valence electrons. The molecule has 1 heterocycles. The lowest BCUT2D eigenvalue weighted by atomic mass is 10.2. The van der Waals surface area contributed by atoms with Gasteiger partial charge in [0.2, 0.25) is 0 Å². The number of hydrogen-bond acceptors (Lipinski definition) is 4.